The fourth-order valence-electron chi connectivity index (χ4n) is 3.72. The minimum atomic E-state index is 0.603. The largest absolute Gasteiger partial charge is 0.379 e. The fourth-order valence-corrected chi connectivity index (χ4v) is 3.72. The predicted octanol–water partition coefficient (Wildman–Crippen LogP) is 1.51. The molecule has 3 nitrogen and oxygen atoms in total. The number of morpholine rings is 1. The number of hydrogen-bond acceptors (Lipinski definition) is 3. The zero-order chi connectivity index (χ0) is 12.4. The van der Waals surface area contributed by atoms with Crippen LogP contribution in [0, 0.1) is 17.8 Å². The second-order valence-corrected chi connectivity index (χ2v) is 6.26. The summed E-state index contributed by atoms with van der Waals surface area (Å²) in [6.45, 7) is 8.70. The first-order valence-corrected chi connectivity index (χ1v) is 7.53. The highest BCUT2D eigenvalue weighted by molar-refractivity contribution is 5.10. The molecule has 3 rings (SSSR count). The van der Waals surface area contributed by atoms with Gasteiger partial charge in [-0.2, -0.15) is 0 Å². The summed E-state index contributed by atoms with van der Waals surface area (Å²) >= 11 is 0. The first-order valence-electron chi connectivity index (χ1n) is 7.53. The van der Waals surface area contributed by atoms with Crippen LogP contribution in [0.3, 0.4) is 0 Å². The van der Waals surface area contributed by atoms with Crippen molar-refractivity contribution in [1.82, 2.24) is 10.2 Å². The fraction of sp³-hybridized carbons (Fsp3) is 0.867. The number of allylic oxidation sites excluding steroid dienone is 2. The van der Waals surface area contributed by atoms with Gasteiger partial charge in [-0.15, -0.1) is 0 Å². The molecule has 2 aliphatic carbocycles. The Morgan fingerprint density at radius 2 is 2.11 bits per heavy atom. The molecule has 1 aliphatic heterocycles. The van der Waals surface area contributed by atoms with Crippen LogP contribution in [0.15, 0.2) is 12.2 Å². The van der Waals surface area contributed by atoms with Crippen molar-refractivity contribution in [2.24, 2.45) is 17.8 Å². The van der Waals surface area contributed by atoms with Gasteiger partial charge < -0.3 is 10.1 Å². The molecular weight excluding hydrogens is 224 g/mol. The third-order valence-corrected chi connectivity index (χ3v) is 4.78. The smallest absolute Gasteiger partial charge is 0.0594 e. The van der Waals surface area contributed by atoms with Gasteiger partial charge in [-0.1, -0.05) is 12.2 Å². The molecule has 2 bridgehead atoms. The lowest BCUT2D eigenvalue weighted by Gasteiger charge is -2.30. The number of nitrogens with one attached hydrogen (secondary N) is 1. The molecular formula is C15H26N2O. The second kappa shape index (κ2) is 5.72. The molecule has 1 saturated heterocycles. The van der Waals surface area contributed by atoms with E-state index in [0.717, 1.165) is 44.1 Å². The topological polar surface area (TPSA) is 24.5 Å². The molecule has 0 aromatic rings. The predicted molar refractivity (Wildman–Crippen MR) is 73.6 cm³/mol. The van der Waals surface area contributed by atoms with Crippen LogP contribution in [-0.4, -0.2) is 50.3 Å². The van der Waals surface area contributed by atoms with Gasteiger partial charge in [-0.05, 0) is 44.1 Å². The molecule has 0 spiro atoms. The first kappa shape index (κ1) is 12.6. The summed E-state index contributed by atoms with van der Waals surface area (Å²) in [5, 5.41) is 3.74. The van der Waals surface area contributed by atoms with Gasteiger partial charge in [0, 0.05) is 25.7 Å². The second-order valence-electron chi connectivity index (χ2n) is 6.26. The van der Waals surface area contributed by atoms with Crippen LogP contribution in [0.4, 0.5) is 0 Å². The van der Waals surface area contributed by atoms with E-state index < -0.39 is 0 Å². The summed E-state index contributed by atoms with van der Waals surface area (Å²) in [6.07, 6.45) is 7.72. The number of hydrogen-bond donors (Lipinski definition) is 1. The summed E-state index contributed by atoms with van der Waals surface area (Å²) in [7, 11) is 0. The molecule has 2 fully saturated rings. The Morgan fingerprint density at radius 1 is 1.28 bits per heavy atom. The van der Waals surface area contributed by atoms with Gasteiger partial charge in [0.25, 0.3) is 0 Å². The van der Waals surface area contributed by atoms with Crippen molar-refractivity contribution in [1.29, 1.82) is 0 Å². The van der Waals surface area contributed by atoms with E-state index in [2.05, 4.69) is 29.3 Å². The van der Waals surface area contributed by atoms with Crippen molar-refractivity contribution in [2.45, 2.75) is 25.8 Å². The molecule has 1 heterocycles. The van der Waals surface area contributed by atoms with Gasteiger partial charge in [0.05, 0.1) is 13.2 Å². The van der Waals surface area contributed by atoms with Crippen LogP contribution < -0.4 is 5.32 Å². The SMILES string of the molecule is CC(CN1CCOCC1)NCC1CC2C=CC1C2. The Morgan fingerprint density at radius 3 is 2.78 bits per heavy atom. The number of ether oxygens (including phenoxy) is 1. The van der Waals surface area contributed by atoms with E-state index in [1.54, 1.807) is 0 Å². The van der Waals surface area contributed by atoms with Crippen molar-refractivity contribution in [3.05, 3.63) is 12.2 Å². The van der Waals surface area contributed by atoms with E-state index in [1.165, 1.54) is 25.9 Å². The molecule has 1 N–H and O–H groups in total. The standard InChI is InChI=1S/C15H26N2O/c1-12(11-17-4-6-18-7-5-17)16-10-15-9-13-2-3-14(15)8-13/h2-3,12-16H,4-11H2,1H3. The van der Waals surface area contributed by atoms with Crippen molar-refractivity contribution < 1.29 is 4.74 Å². The van der Waals surface area contributed by atoms with Crippen LogP contribution in [-0.2, 0) is 4.74 Å². The van der Waals surface area contributed by atoms with E-state index in [1.807, 2.05) is 0 Å². The number of fused-ring (bicyclic) bond motifs is 2. The molecule has 3 heteroatoms. The summed E-state index contributed by atoms with van der Waals surface area (Å²) in [5.74, 6) is 2.67. The zero-order valence-corrected chi connectivity index (χ0v) is 11.5. The number of nitrogens with zero attached hydrogens (tertiary/aromatic N) is 1. The normalized spacial score (nSPS) is 37.3. The highest BCUT2D eigenvalue weighted by Gasteiger charge is 2.35. The van der Waals surface area contributed by atoms with E-state index in [0.29, 0.717) is 6.04 Å². The molecule has 1 saturated carbocycles. The minimum absolute atomic E-state index is 0.603. The van der Waals surface area contributed by atoms with Crippen LogP contribution in [0.1, 0.15) is 19.8 Å². The van der Waals surface area contributed by atoms with E-state index in [9.17, 15) is 0 Å². The average molecular weight is 250 g/mol. The summed E-state index contributed by atoms with van der Waals surface area (Å²) < 4.78 is 5.39. The van der Waals surface area contributed by atoms with E-state index in [4.69, 9.17) is 4.74 Å². The molecule has 0 amide bonds. The first-order chi connectivity index (χ1) is 8.81. The van der Waals surface area contributed by atoms with E-state index in [-0.39, 0.29) is 0 Å². The highest BCUT2D eigenvalue weighted by Crippen LogP contribution is 2.42. The van der Waals surface area contributed by atoms with Crippen molar-refractivity contribution in [3.63, 3.8) is 0 Å². The average Bonchev–Trinajstić information content (AvgIpc) is 3.00. The molecule has 4 unspecified atom stereocenters. The quantitative estimate of drug-likeness (QED) is 0.749. The van der Waals surface area contributed by atoms with Gasteiger partial charge in [-0.3, -0.25) is 4.90 Å². The lowest BCUT2D eigenvalue weighted by atomic mass is 9.93. The van der Waals surface area contributed by atoms with E-state index >= 15 is 0 Å². The summed E-state index contributed by atoms with van der Waals surface area (Å²) in [4.78, 5) is 2.52. The maximum atomic E-state index is 5.39. The van der Waals surface area contributed by atoms with Gasteiger partial charge >= 0.3 is 0 Å². The monoisotopic (exact) mass is 250 g/mol. The number of rotatable bonds is 5. The third kappa shape index (κ3) is 2.95. The van der Waals surface area contributed by atoms with Gasteiger partial charge in [-0.25, -0.2) is 0 Å². The molecule has 0 aromatic heterocycles. The van der Waals surface area contributed by atoms with Crippen LogP contribution in [0.5, 0.6) is 0 Å². The van der Waals surface area contributed by atoms with Crippen molar-refractivity contribution in [3.8, 4) is 0 Å². The highest BCUT2D eigenvalue weighted by atomic mass is 16.5. The van der Waals surface area contributed by atoms with Gasteiger partial charge in [0.2, 0.25) is 0 Å². The zero-order valence-electron chi connectivity index (χ0n) is 11.5. The molecule has 3 aliphatic rings. The maximum Gasteiger partial charge on any atom is 0.0594 e. The lowest BCUT2D eigenvalue weighted by molar-refractivity contribution is 0.0342. The summed E-state index contributed by atoms with van der Waals surface area (Å²) in [6, 6.07) is 0.603. The molecule has 18 heavy (non-hydrogen) atoms. The van der Waals surface area contributed by atoms with Crippen molar-refractivity contribution >= 4 is 0 Å². The van der Waals surface area contributed by atoms with Gasteiger partial charge in [0.15, 0.2) is 0 Å². The molecule has 4 atom stereocenters. The molecule has 0 radical (unpaired) electrons. The Labute approximate surface area is 111 Å². The molecule has 0 aromatic carbocycles. The third-order valence-electron chi connectivity index (χ3n) is 4.78. The summed E-state index contributed by atoms with van der Waals surface area (Å²) in [5.41, 5.74) is 0. The van der Waals surface area contributed by atoms with Crippen LogP contribution in [0.2, 0.25) is 0 Å². The Kier molecular flexibility index (Phi) is 4.02. The Bertz CT molecular complexity index is 299. The van der Waals surface area contributed by atoms with Crippen LogP contribution in [0.25, 0.3) is 0 Å². The Hall–Kier alpha value is -0.380. The Balaban J connectivity index is 1.36. The lowest BCUT2D eigenvalue weighted by Crippen LogP contribution is -2.45. The molecule has 102 valence electrons. The van der Waals surface area contributed by atoms with Gasteiger partial charge in [0.1, 0.15) is 0 Å². The van der Waals surface area contributed by atoms with Crippen LogP contribution >= 0.6 is 0 Å². The van der Waals surface area contributed by atoms with Crippen molar-refractivity contribution in [2.75, 3.05) is 39.4 Å². The minimum Gasteiger partial charge on any atom is -0.379 e. The maximum absolute atomic E-state index is 5.39.